The van der Waals surface area contributed by atoms with E-state index in [1.807, 2.05) is 0 Å². The second-order valence-electron chi connectivity index (χ2n) is 2.11. The standard InChI is InChI=1S/C5H11S/c1-4-5(2,3)6/h4H2,1-3H3. The fraction of sp³-hybridized carbons (Fsp3) is 1.00. The third-order valence-electron chi connectivity index (χ3n) is 0.851. The van der Waals surface area contributed by atoms with Crippen LogP contribution in [0.25, 0.3) is 0 Å². The number of hydrogen-bond acceptors (Lipinski definition) is 0. The minimum absolute atomic E-state index is 0.125. The summed E-state index contributed by atoms with van der Waals surface area (Å²) < 4.78 is 0.125. The van der Waals surface area contributed by atoms with Crippen molar-refractivity contribution in [2.45, 2.75) is 31.9 Å². The summed E-state index contributed by atoms with van der Waals surface area (Å²) in [5.74, 6) is 0. The summed E-state index contributed by atoms with van der Waals surface area (Å²) in [6.07, 6.45) is 1.09. The molecule has 0 aromatic carbocycles. The van der Waals surface area contributed by atoms with Crippen LogP contribution in [0.15, 0.2) is 0 Å². The SMILES string of the molecule is CCC(C)(C)[S]. The van der Waals surface area contributed by atoms with Crippen LogP contribution < -0.4 is 0 Å². The van der Waals surface area contributed by atoms with Gasteiger partial charge >= 0.3 is 0 Å². The summed E-state index contributed by atoms with van der Waals surface area (Å²) in [6, 6.07) is 0. The zero-order valence-electron chi connectivity index (χ0n) is 4.62. The van der Waals surface area contributed by atoms with Crippen molar-refractivity contribution < 1.29 is 0 Å². The first-order valence-corrected chi connectivity index (χ1v) is 2.67. The van der Waals surface area contributed by atoms with E-state index in [4.69, 9.17) is 12.6 Å². The third-order valence-corrected chi connectivity index (χ3v) is 1.14. The predicted octanol–water partition coefficient (Wildman–Crippen LogP) is 2.37. The lowest BCUT2D eigenvalue weighted by molar-refractivity contribution is 0.691. The van der Waals surface area contributed by atoms with Gasteiger partial charge in [0, 0.05) is 4.75 Å². The lowest BCUT2D eigenvalue weighted by Gasteiger charge is -2.09. The Hall–Kier alpha value is 0.350. The van der Waals surface area contributed by atoms with Crippen LogP contribution in [0.2, 0.25) is 0 Å². The molecule has 0 aliphatic heterocycles. The van der Waals surface area contributed by atoms with Crippen LogP contribution in [0.3, 0.4) is 0 Å². The maximum Gasteiger partial charge on any atom is 0.0205 e. The van der Waals surface area contributed by atoms with E-state index in [2.05, 4.69) is 20.8 Å². The Bertz CT molecular complexity index is 33.7. The van der Waals surface area contributed by atoms with E-state index < -0.39 is 0 Å². The molecule has 0 bridgehead atoms. The Morgan fingerprint density at radius 2 is 1.67 bits per heavy atom. The van der Waals surface area contributed by atoms with Crippen LogP contribution >= 0.6 is 12.6 Å². The van der Waals surface area contributed by atoms with Crippen LogP contribution in [0, 0.1) is 0 Å². The van der Waals surface area contributed by atoms with Crippen LogP contribution in [-0.4, -0.2) is 4.75 Å². The Balaban J connectivity index is 3.17. The van der Waals surface area contributed by atoms with Crippen molar-refractivity contribution in [3.63, 3.8) is 0 Å². The number of rotatable bonds is 1. The molecule has 0 atom stereocenters. The maximum absolute atomic E-state index is 4.99. The molecule has 1 heteroatoms. The van der Waals surface area contributed by atoms with Gasteiger partial charge in [-0.15, -0.1) is 0 Å². The first-order chi connectivity index (χ1) is 2.56. The average Bonchev–Trinajstić information content (AvgIpc) is 1.35. The van der Waals surface area contributed by atoms with Crippen molar-refractivity contribution in [1.82, 2.24) is 0 Å². The van der Waals surface area contributed by atoms with Crippen LogP contribution in [0.5, 0.6) is 0 Å². The monoisotopic (exact) mass is 103 g/mol. The van der Waals surface area contributed by atoms with E-state index in [1.165, 1.54) is 0 Å². The molecule has 0 fully saturated rings. The largest absolute Gasteiger partial charge is 0.0873 e. The molecule has 0 rings (SSSR count). The fourth-order valence-corrected chi connectivity index (χ4v) is 0. The topological polar surface area (TPSA) is 0 Å². The number of hydrogen-bond donors (Lipinski definition) is 0. The third kappa shape index (κ3) is 4.35. The van der Waals surface area contributed by atoms with Crippen LogP contribution in [-0.2, 0) is 0 Å². The Morgan fingerprint density at radius 3 is 1.67 bits per heavy atom. The van der Waals surface area contributed by atoms with Crippen molar-refractivity contribution in [1.29, 1.82) is 0 Å². The summed E-state index contributed by atoms with van der Waals surface area (Å²) >= 11 is 4.99. The summed E-state index contributed by atoms with van der Waals surface area (Å²) in [5.41, 5.74) is 0. The van der Waals surface area contributed by atoms with Gasteiger partial charge in [0.2, 0.25) is 0 Å². The Kier molecular flexibility index (Phi) is 1.98. The molecule has 1 radical (unpaired) electrons. The van der Waals surface area contributed by atoms with Gasteiger partial charge in [-0.3, -0.25) is 0 Å². The van der Waals surface area contributed by atoms with Gasteiger partial charge in [-0.05, 0) is 20.3 Å². The minimum Gasteiger partial charge on any atom is -0.0873 e. The lowest BCUT2D eigenvalue weighted by atomic mass is 10.1. The van der Waals surface area contributed by atoms with Gasteiger partial charge in [0.25, 0.3) is 0 Å². The molecule has 0 saturated heterocycles. The molecule has 0 saturated carbocycles. The molecule has 0 aromatic heterocycles. The molecule has 0 nitrogen and oxygen atoms in total. The maximum atomic E-state index is 4.99. The van der Waals surface area contributed by atoms with Crippen molar-refractivity contribution in [3.05, 3.63) is 0 Å². The summed E-state index contributed by atoms with van der Waals surface area (Å²) in [7, 11) is 0. The van der Waals surface area contributed by atoms with E-state index in [-0.39, 0.29) is 4.75 Å². The molecule has 0 aliphatic carbocycles. The molecule has 0 aliphatic rings. The van der Waals surface area contributed by atoms with Crippen molar-refractivity contribution >= 4 is 12.6 Å². The zero-order chi connectivity index (χ0) is 5.21. The average molecular weight is 103 g/mol. The van der Waals surface area contributed by atoms with Gasteiger partial charge in [-0.25, -0.2) is 0 Å². The van der Waals surface area contributed by atoms with Gasteiger partial charge < -0.3 is 0 Å². The summed E-state index contributed by atoms with van der Waals surface area (Å²) in [5, 5.41) is 0. The highest BCUT2D eigenvalue weighted by Gasteiger charge is 2.06. The molecule has 0 amide bonds. The van der Waals surface area contributed by atoms with E-state index in [0.29, 0.717) is 0 Å². The first-order valence-electron chi connectivity index (χ1n) is 2.26. The molecule has 0 N–H and O–H groups in total. The smallest absolute Gasteiger partial charge is 0.0205 e. The second-order valence-corrected chi connectivity index (χ2v) is 3.22. The van der Waals surface area contributed by atoms with E-state index in [0.717, 1.165) is 6.42 Å². The highest BCUT2D eigenvalue weighted by molar-refractivity contribution is 7.81. The Morgan fingerprint density at radius 1 is 1.50 bits per heavy atom. The zero-order valence-corrected chi connectivity index (χ0v) is 5.43. The van der Waals surface area contributed by atoms with Gasteiger partial charge in [0.05, 0.1) is 0 Å². The lowest BCUT2D eigenvalue weighted by Crippen LogP contribution is -2.06. The Labute approximate surface area is 45.4 Å². The van der Waals surface area contributed by atoms with Gasteiger partial charge in [0.1, 0.15) is 0 Å². The molecule has 37 valence electrons. The predicted molar refractivity (Wildman–Crippen MR) is 32.0 cm³/mol. The van der Waals surface area contributed by atoms with Gasteiger partial charge in [0.15, 0.2) is 0 Å². The van der Waals surface area contributed by atoms with Crippen molar-refractivity contribution in [3.8, 4) is 0 Å². The quantitative estimate of drug-likeness (QED) is 0.478. The second kappa shape index (κ2) is 1.87. The summed E-state index contributed by atoms with van der Waals surface area (Å²) in [6.45, 7) is 6.22. The van der Waals surface area contributed by atoms with Crippen LogP contribution in [0.4, 0.5) is 0 Å². The highest BCUT2D eigenvalue weighted by atomic mass is 32.1. The summed E-state index contributed by atoms with van der Waals surface area (Å²) in [4.78, 5) is 0. The molecular weight excluding hydrogens is 92.1 g/mol. The molecule has 0 aromatic rings. The van der Waals surface area contributed by atoms with E-state index in [1.54, 1.807) is 0 Å². The molecule has 0 spiro atoms. The highest BCUT2D eigenvalue weighted by Crippen LogP contribution is 2.14. The van der Waals surface area contributed by atoms with Gasteiger partial charge in [-0.1, -0.05) is 19.6 Å². The molecule has 0 unspecified atom stereocenters. The van der Waals surface area contributed by atoms with E-state index in [9.17, 15) is 0 Å². The first kappa shape index (κ1) is 6.35. The molecule has 6 heavy (non-hydrogen) atoms. The van der Waals surface area contributed by atoms with Gasteiger partial charge in [-0.2, -0.15) is 0 Å². The van der Waals surface area contributed by atoms with E-state index >= 15 is 0 Å². The van der Waals surface area contributed by atoms with Crippen molar-refractivity contribution in [2.24, 2.45) is 0 Å². The van der Waals surface area contributed by atoms with Crippen molar-refractivity contribution in [2.75, 3.05) is 0 Å². The molecular formula is C5H11S. The fourth-order valence-electron chi connectivity index (χ4n) is 0. The minimum atomic E-state index is 0.125. The van der Waals surface area contributed by atoms with Crippen LogP contribution in [0.1, 0.15) is 27.2 Å². The normalized spacial score (nSPS) is 12.0. The molecule has 0 heterocycles.